The Balaban J connectivity index is 1.62. The fraction of sp³-hybridized carbons (Fsp3) is 0.545. The minimum absolute atomic E-state index is 0.0320. The highest BCUT2D eigenvalue weighted by atomic mass is 16.5. The Morgan fingerprint density at radius 2 is 1.96 bits per heavy atom. The van der Waals surface area contributed by atoms with E-state index in [1.165, 1.54) is 23.3 Å². The van der Waals surface area contributed by atoms with E-state index in [4.69, 9.17) is 9.15 Å². The summed E-state index contributed by atoms with van der Waals surface area (Å²) in [7, 11) is 0. The van der Waals surface area contributed by atoms with Crippen LogP contribution in [-0.2, 0) is 22.4 Å². The lowest BCUT2D eigenvalue weighted by Gasteiger charge is -2.25. The number of rotatable bonds is 6. The van der Waals surface area contributed by atoms with Crippen molar-refractivity contribution in [2.45, 2.75) is 58.9 Å². The molecule has 1 N–H and O–H groups in total. The molecule has 1 aliphatic carbocycles. The molecule has 28 heavy (non-hydrogen) atoms. The Bertz CT molecular complexity index is 863. The van der Waals surface area contributed by atoms with Gasteiger partial charge in [-0.15, -0.1) is 0 Å². The number of carbonyl (C=O) groups excluding carboxylic acids is 2. The van der Waals surface area contributed by atoms with Crippen molar-refractivity contribution in [3.8, 4) is 5.75 Å². The van der Waals surface area contributed by atoms with E-state index in [0.29, 0.717) is 12.3 Å². The van der Waals surface area contributed by atoms with Gasteiger partial charge in [0.15, 0.2) is 6.61 Å². The molecule has 0 radical (unpaired) electrons. The van der Waals surface area contributed by atoms with Crippen LogP contribution < -0.4 is 10.1 Å². The molecule has 0 unspecified atom stereocenters. The third kappa shape index (κ3) is 4.86. The van der Waals surface area contributed by atoms with Crippen molar-refractivity contribution in [3.05, 3.63) is 29.5 Å². The van der Waals surface area contributed by atoms with Gasteiger partial charge < -0.3 is 19.4 Å². The first-order valence-corrected chi connectivity index (χ1v) is 10.0. The summed E-state index contributed by atoms with van der Waals surface area (Å²) in [5.74, 6) is 1.34. The van der Waals surface area contributed by atoms with Gasteiger partial charge in [-0.25, -0.2) is 0 Å². The number of aryl methyl sites for hydroxylation is 2. The molecule has 0 spiro atoms. The van der Waals surface area contributed by atoms with Crippen molar-refractivity contribution < 1.29 is 18.7 Å². The van der Waals surface area contributed by atoms with Crippen molar-refractivity contribution in [3.63, 3.8) is 0 Å². The second-order valence-electron chi connectivity index (χ2n) is 8.36. The van der Waals surface area contributed by atoms with Crippen LogP contribution in [0.3, 0.4) is 0 Å². The zero-order chi connectivity index (χ0) is 20.3. The summed E-state index contributed by atoms with van der Waals surface area (Å²) in [6, 6.07) is 5.69. The molecule has 1 aromatic carbocycles. The molecule has 1 aliphatic rings. The molecule has 0 saturated carbocycles. The van der Waals surface area contributed by atoms with Crippen molar-refractivity contribution in [1.82, 2.24) is 10.2 Å². The summed E-state index contributed by atoms with van der Waals surface area (Å²) in [4.78, 5) is 26.1. The van der Waals surface area contributed by atoms with Gasteiger partial charge in [-0.1, -0.05) is 0 Å². The topological polar surface area (TPSA) is 71.8 Å². The molecule has 3 rings (SSSR count). The monoisotopic (exact) mass is 386 g/mol. The van der Waals surface area contributed by atoms with Gasteiger partial charge in [0.2, 0.25) is 5.91 Å². The predicted octanol–water partition coefficient (Wildman–Crippen LogP) is 3.45. The Morgan fingerprint density at radius 3 is 2.68 bits per heavy atom. The number of hydrogen-bond acceptors (Lipinski definition) is 4. The number of carbonyl (C=O) groups is 2. The summed E-state index contributed by atoms with van der Waals surface area (Å²) < 4.78 is 11.7. The molecule has 6 nitrogen and oxygen atoms in total. The summed E-state index contributed by atoms with van der Waals surface area (Å²) in [5, 5.41) is 3.95. The minimum Gasteiger partial charge on any atom is -0.484 e. The van der Waals surface area contributed by atoms with E-state index in [9.17, 15) is 9.59 Å². The van der Waals surface area contributed by atoms with Gasteiger partial charge in [0.1, 0.15) is 17.1 Å². The highest BCUT2D eigenvalue weighted by Gasteiger charge is 2.21. The number of nitrogens with one attached hydrogen (secondary N) is 1. The van der Waals surface area contributed by atoms with Crippen LogP contribution >= 0.6 is 0 Å². The average Bonchev–Trinajstić information content (AvgIpc) is 3.00. The fourth-order valence-corrected chi connectivity index (χ4v) is 3.58. The van der Waals surface area contributed by atoms with E-state index < -0.39 is 0 Å². The number of fused-ring (bicyclic) bond motifs is 3. The first kappa shape index (κ1) is 20.2. The van der Waals surface area contributed by atoms with Crippen LogP contribution in [0.1, 0.15) is 51.9 Å². The van der Waals surface area contributed by atoms with Crippen molar-refractivity contribution in [1.29, 1.82) is 0 Å². The Labute approximate surface area is 166 Å². The molecule has 0 saturated heterocycles. The van der Waals surface area contributed by atoms with Gasteiger partial charge in [-0.05, 0) is 65.2 Å². The number of furan rings is 1. The van der Waals surface area contributed by atoms with Crippen LogP contribution in [0, 0.1) is 0 Å². The van der Waals surface area contributed by atoms with E-state index in [-0.39, 0.29) is 30.5 Å². The molecule has 0 aliphatic heterocycles. The van der Waals surface area contributed by atoms with Gasteiger partial charge >= 0.3 is 0 Å². The smallest absolute Gasteiger partial charge is 0.260 e. The number of ether oxygens (including phenoxy) is 1. The number of benzene rings is 1. The van der Waals surface area contributed by atoms with E-state index in [2.05, 4.69) is 5.32 Å². The minimum atomic E-state index is -0.324. The predicted molar refractivity (Wildman–Crippen MR) is 109 cm³/mol. The molecule has 152 valence electrons. The first-order valence-electron chi connectivity index (χ1n) is 10.0. The van der Waals surface area contributed by atoms with Crippen LogP contribution in [0.2, 0.25) is 0 Å². The highest BCUT2D eigenvalue weighted by molar-refractivity contribution is 5.86. The van der Waals surface area contributed by atoms with E-state index >= 15 is 0 Å². The second-order valence-corrected chi connectivity index (χ2v) is 8.36. The number of hydrogen-bond donors (Lipinski definition) is 1. The molecular formula is C22H30N2O4. The van der Waals surface area contributed by atoms with Gasteiger partial charge in [0.25, 0.3) is 5.91 Å². The molecule has 0 atom stereocenters. The van der Waals surface area contributed by atoms with Gasteiger partial charge in [0.05, 0.1) is 6.54 Å². The number of amides is 2. The summed E-state index contributed by atoms with van der Waals surface area (Å²) in [6.45, 7) is 7.98. The average molecular weight is 386 g/mol. The summed E-state index contributed by atoms with van der Waals surface area (Å²) in [5.41, 5.74) is 1.82. The molecule has 1 heterocycles. The van der Waals surface area contributed by atoms with Crippen LogP contribution in [-0.4, -0.2) is 41.9 Å². The SMILES string of the molecule is CCN(CC(=O)NC(C)(C)C)C(=O)COc1ccc2oc3c(c2c1)CCCC3. The summed E-state index contributed by atoms with van der Waals surface area (Å²) in [6.07, 6.45) is 4.35. The Morgan fingerprint density at radius 1 is 1.21 bits per heavy atom. The van der Waals surface area contributed by atoms with Gasteiger partial charge in [-0.3, -0.25) is 9.59 Å². The molecule has 2 amide bonds. The maximum Gasteiger partial charge on any atom is 0.260 e. The lowest BCUT2D eigenvalue weighted by molar-refractivity contribution is -0.137. The molecule has 2 aromatic rings. The standard InChI is InChI=1S/C22H30N2O4/c1-5-24(13-20(25)23-22(2,3)4)21(26)14-27-15-10-11-19-17(12-15)16-8-6-7-9-18(16)28-19/h10-12H,5-9,13-14H2,1-4H3,(H,23,25). The third-order valence-corrected chi connectivity index (χ3v) is 4.87. The quantitative estimate of drug-likeness (QED) is 0.825. The molecule has 0 fully saturated rings. The largest absolute Gasteiger partial charge is 0.484 e. The maximum absolute atomic E-state index is 12.5. The lowest BCUT2D eigenvalue weighted by Crippen LogP contribution is -2.48. The van der Waals surface area contributed by atoms with E-state index in [1.807, 2.05) is 45.9 Å². The summed E-state index contributed by atoms with van der Waals surface area (Å²) >= 11 is 0. The zero-order valence-electron chi connectivity index (χ0n) is 17.3. The normalized spacial score (nSPS) is 13.9. The van der Waals surface area contributed by atoms with Gasteiger partial charge in [0, 0.05) is 29.5 Å². The van der Waals surface area contributed by atoms with Crippen LogP contribution in [0.4, 0.5) is 0 Å². The molecular weight excluding hydrogens is 356 g/mol. The van der Waals surface area contributed by atoms with E-state index in [0.717, 1.165) is 29.6 Å². The van der Waals surface area contributed by atoms with Crippen LogP contribution in [0.25, 0.3) is 11.0 Å². The molecule has 6 heteroatoms. The van der Waals surface area contributed by atoms with Crippen LogP contribution in [0.15, 0.2) is 22.6 Å². The van der Waals surface area contributed by atoms with Crippen molar-refractivity contribution in [2.75, 3.05) is 19.7 Å². The number of likely N-dealkylation sites (N-methyl/N-ethyl adjacent to an activating group) is 1. The zero-order valence-corrected chi connectivity index (χ0v) is 17.3. The fourth-order valence-electron chi connectivity index (χ4n) is 3.58. The lowest BCUT2D eigenvalue weighted by atomic mass is 9.96. The number of nitrogens with zero attached hydrogens (tertiary/aromatic N) is 1. The Kier molecular flexibility index (Phi) is 5.96. The third-order valence-electron chi connectivity index (χ3n) is 4.87. The highest BCUT2D eigenvalue weighted by Crippen LogP contribution is 2.33. The maximum atomic E-state index is 12.5. The van der Waals surface area contributed by atoms with Crippen molar-refractivity contribution in [2.24, 2.45) is 0 Å². The second kappa shape index (κ2) is 8.25. The molecule has 0 bridgehead atoms. The van der Waals surface area contributed by atoms with Crippen molar-refractivity contribution >= 4 is 22.8 Å². The first-order chi connectivity index (χ1) is 13.3. The van der Waals surface area contributed by atoms with Gasteiger partial charge in [-0.2, -0.15) is 0 Å². The molecule has 1 aromatic heterocycles. The Hall–Kier alpha value is -2.50. The van der Waals surface area contributed by atoms with E-state index in [1.54, 1.807) is 0 Å². The van der Waals surface area contributed by atoms with Crippen LogP contribution in [0.5, 0.6) is 5.75 Å².